The Morgan fingerprint density at radius 2 is 1.96 bits per heavy atom. The number of carbonyl (C=O) groups is 1. The molecule has 2 aromatic carbocycles. The molecule has 1 fully saturated rings. The minimum absolute atomic E-state index is 0.0681. The third kappa shape index (κ3) is 3.63. The fourth-order valence-corrected chi connectivity index (χ4v) is 4.56. The van der Waals surface area contributed by atoms with Crippen LogP contribution in [0.15, 0.2) is 42.5 Å². The number of para-hydroxylation sites is 1. The van der Waals surface area contributed by atoms with E-state index in [-0.39, 0.29) is 17.6 Å². The fraction of sp³-hybridized carbons (Fsp3) is 0.409. The van der Waals surface area contributed by atoms with E-state index in [1.165, 1.54) is 19.3 Å². The van der Waals surface area contributed by atoms with Gasteiger partial charge in [-0.2, -0.15) is 0 Å². The summed E-state index contributed by atoms with van der Waals surface area (Å²) in [5.41, 5.74) is 1.41. The SMILES string of the molecule is COc1ccc(C(=O)N[C@@H]2CC3(CCCCC3)Oc3ccccc32)cc1Cl. The lowest BCUT2D eigenvalue weighted by atomic mass is 9.77. The van der Waals surface area contributed by atoms with Gasteiger partial charge < -0.3 is 14.8 Å². The van der Waals surface area contributed by atoms with E-state index >= 15 is 0 Å². The lowest BCUT2D eigenvalue weighted by Crippen LogP contribution is -2.46. The molecule has 1 aliphatic heterocycles. The van der Waals surface area contributed by atoms with E-state index in [1.54, 1.807) is 25.3 Å². The van der Waals surface area contributed by atoms with Crippen LogP contribution in [0.2, 0.25) is 5.02 Å². The molecule has 4 nitrogen and oxygen atoms in total. The smallest absolute Gasteiger partial charge is 0.251 e. The number of amides is 1. The first-order valence-corrected chi connectivity index (χ1v) is 9.90. The first-order chi connectivity index (χ1) is 13.1. The Morgan fingerprint density at radius 3 is 2.70 bits per heavy atom. The Hall–Kier alpha value is -2.20. The second-order valence-corrected chi connectivity index (χ2v) is 7.87. The molecule has 142 valence electrons. The Kier molecular flexibility index (Phi) is 5.00. The number of methoxy groups -OCH3 is 1. The molecule has 0 bridgehead atoms. The Bertz CT molecular complexity index is 845. The van der Waals surface area contributed by atoms with E-state index in [0.717, 1.165) is 30.6 Å². The zero-order valence-electron chi connectivity index (χ0n) is 15.5. The monoisotopic (exact) mass is 385 g/mol. The maximum atomic E-state index is 12.9. The summed E-state index contributed by atoms with van der Waals surface area (Å²) >= 11 is 6.19. The molecule has 1 atom stereocenters. The van der Waals surface area contributed by atoms with E-state index in [4.69, 9.17) is 21.1 Å². The van der Waals surface area contributed by atoms with Crippen molar-refractivity contribution in [3.05, 3.63) is 58.6 Å². The average Bonchev–Trinajstić information content (AvgIpc) is 2.68. The standard InChI is InChI=1S/C22H24ClNO3/c1-26-20-10-9-15(13-17(20)23)21(25)24-18-14-22(11-5-2-6-12-22)27-19-8-4-3-7-16(18)19/h3-4,7-10,13,18H,2,5-6,11-12,14H2,1H3,(H,24,25)/t18-/m1/s1. The number of ether oxygens (including phenoxy) is 2. The van der Waals surface area contributed by atoms with Gasteiger partial charge in [-0.15, -0.1) is 0 Å². The number of hydrogen-bond donors (Lipinski definition) is 1. The van der Waals surface area contributed by atoms with E-state index < -0.39 is 0 Å². The van der Waals surface area contributed by atoms with Crippen LogP contribution in [0.25, 0.3) is 0 Å². The summed E-state index contributed by atoms with van der Waals surface area (Å²) in [5, 5.41) is 3.64. The zero-order valence-corrected chi connectivity index (χ0v) is 16.2. The summed E-state index contributed by atoms with van der Waals surface area (Å²) in [6.45, 7) is 0. The summed E-state index contributed by atoms with van der Waals surface area (Å²) in [6, 6.07) is 13.1. The van der Waals surface area contributed by atoms with Crippen LogP contribution in [0.4, 0.5) is 0 Å². The van der Waals surface area contributed by atoms with Crippen LogP contribution in [-0.2, 0) is 0 Å². The van der Waals surface area contributed by atoms with Crippen molar-refractivity contribution in [2.45, 2.75) is 50.2 Å². The number of rotatable bonds is 3. The molecular formula is C22H24ClNO3. The number of benzene rings is 2. The van der Waals surface area contributed by atoms with Crippen molar-refractivity contribution in [1.29, 1.82) is 0 Å². The molecule has 4 rings (SSSR count). The van der Waals surface area contributed by atoms with Crippen LogP contribution in [-0.4, -0.2) is 18.6 Å². The van der Waals surface area contributed by atoms with Crippen molar-refractivity contribution in [2.75, 3.05) is 7.11 Å². The maximum absolute atomic E-state index is 12.9. The minimum atomic E-state index is -0.165. The lowest BCUT2D eigenvalue weighted by Gasteiger charge is -2.44. The fourth-order valence-electron chi connectivity index (χ4n) is 4.30. The van der Waals surface area contributed by atoms with Gasteiger partial charge in [-0.05, 0) is 49.9 Å². The van der Waals surface area contributed by atoms with Gasteiger partial charge in [0.2, 0.25) is 0 Å². The van der Waals surface area contributed by atoms with Gasteiger partial charge in [0.15, 0.2) is 0 Å². The molecule has 0 unspecified atom stereocenters. The summed E-state index contributed by atoms with van der Waals surface area (Å²) in [5.74, 6) is 1.32. The molecule has 5 heteroatoms. The van der Waals surface area contributed by atoms with E-state index in [9.17, 15) is 4.79 Å². The van der Waals surface area contributed by atoms with Gasteiger partial charge >= 0.3 is 0 Å². The molecule has 0 radical (unpaired) electrons. The summed E-state index contributed by atoms with van der Waals surface area (Å²) in [7, 11) is 1.56. The molecule has 0 aromatic heterocycles. The van der Waals surface area contributed by atoms with Crippen LogP contribution in [0.3, 0.4) is 0 Å². The van der Waals surface area contributed by atoms with Crippen LogP contribution in [0.1, 0.15) is 60.5 Å². The van der Waals surface area contributed by atoms with Crippen molar-refractivity contribution in [2.24, 2.45) is 0 Å². The topological polar surface area (TPSA) is 47.6 Å². The van der Waals surface area contributed by atoms with Crippen molar-refractivity contribution in [1.82, 2.24) is 5.32 Å². The second kappa shape index (κ2) is 7.43. The first kappa shape index (κ1) is 18.2. The van der Waals surface area contributed by atoms with Gasteiger partial charge in [0, 0.05) is 17.5 Å². The average molecular weight is 386 g/mol. The van der Waals surface area contributed by atoms with Crippen molar-refractivity contribution in [3.8, 4) is 11.5 Å². The van der Waals surface area contributed by atoms with Gasteiger partial charge in [-0.25, -0.2) is 0 Å². The number of hydrogen-bond acceptors (Lipinski definition) is 3. The Morgan fingerprint density at radius 1 is 1.19 bits per heavy atom. The van der Waals surface area contributed by atoms with Gasteiger partial charge in [-0.1, -0.05) is 36.2 Å². The molecule has 27 heavy (non-hydrogen) atoms. The van der Waals surface area contributed by atoms with Crippen LogP contribution in [0, 0.1) is 0 Å². The van der Waals surface area contributed by atoms with Gasteiger partial charge in [-0.3, -0.25) is 4.79 Å². The van der Waals surface area contributed by atoms with E-state index in [0.29, 0.717) is 16.3 Å². The van der Waals surface area contributed by atoms with Crippen LogP contribution >= 0.6 is 11.6 Å². The molecule has 2 aliphatic rings. The highest BCUT2D eigenvalue weighted by atomic mass is 35.5. The summed E-state index contributed by atoms with van der Waals surface area (Å²) in [6.07, 6.45) is 6.51. The van der Waals surface area contributed by atoms with Crippen LogP contribution < -0.4 is 14.8 Å². The second-order valence-electron chi connectivity index (χ2n) is 7.46. The first-order valence-electron chi connectivity index (χ1n) is 9.53. The highest BCUT2D eigenvalue weighted by molar-refractivity contribution is 6.32. The molecule has 1 saturated carbocycles. The normalized spacial score (nSPS) is 20.4. The predicted octanol–water partition coefficient (Wildman–Crippen LogP) is 5.31. The van der Waals surface area contributed by atoms with Gasteiger partial charge in [0.05, 0.1) is 18.2 Å². The summed E-state index contributed by atoms with van der Waals surface area (Å²) in [4.78, 5) is 12.9. The number of nitrogens with one attached hydrogen (secondary N) is 1. The van der Waals surface area contributed by atoms with Crippen molar-refractivity contribution < 1.29 is 14.3 Å². The molecule has 2 aromatic rings. The highest BCUT2D eigenvalue weighted by Crippen LogP contribution is 2.46. The number of halogens is 1. The highest BCUT2D eigenvalue weighted by Gasteiger charge is 2.42. The maximum Gasteiger partial charge on any atom is 0.251 e. The molecule has 0 saturated heterocycles. The number of carbonyl (C=O) groups excluding carboxylic acids is 1. The Balaban J connectivity index is 1.60. The van der Waals surface area contributed by atoms with E-state index in [1.807, 2.05) is 24.3 Å². The predicted molar refractivity (Wildman–Crippen MR) is 106 cm³/mol. The van der Waals surface area contributed by atoms with Crippen LogP contribution in [0.5, 0.6) is 11.5 Å². The largest absolute Gasteiger partial charge is 0.495 e. The molecular weight excluding hydrogens is 362 g/mol. The third-order valence-corrected chi connectivity index (χ3v) is 5.98. The molecule has 1 aliphatic carbocycles. The van der Waals surface area contributed by atoms with Crippen molar-refractivity contribution in [3.63, 3.8) is 0 Å². The molecule has 1 spiro atoms. The van der Waals surface area contributed by atoms with E-state index in [2.05, 4.69) is 5.32 Å². The zero-order chi connectivity index (χ0) is 18.9. The third-order valence-electron chi connectivity index (χ3n) is 5.68. The number of fused-ring (bicyclic) bond motifs is 1. The van der Waals surface area contributed by atoms with Gasteiger partial charge in [0.1, 0.15) is 17.1 Å². The van der Waals surface area contributed by atoms with Gasteiger partial charge in [0.25, 0.3) is 5.91 Å². The molecule has 1 amide bonds. The molecule has 1 heterocycles. The molecule has 1 N–H and O–H groups in total. The summed E-state index contributed by atoms with van der Waals surface area (Å²) < 4.78 is 11.6. The Labute approximate surface area is 164 Å². The van der Waals surface area contributed by atoms with Crippen molar-refractivity contribution >= 4 is 17.5 Å². The quantitative estimate of drug-likeness (QED) is 0.779. The lowest BCUT2D eigenvalue weighted by molar-refractivity contribution is -0.00209. The minimum Gasteiger partial charge on any atom is -0.495 e.